The monoisotopic (exact) mass is 324 g/mol. The third kappa shape index (κ3) is 1.78. The van der Waals surface area contributed by atoms with Crippen LogP contribution in [0.15, 0.2) is 0 Å². The molecular weight excluding hydrogens is 317 g/mol. The van der Waals surface area contributed by atoms with Gasteiger partial charge in [0.25, 0.3) is 0 Å². The minimum absolute atomic E-state index is 0.147. The van der Waals surface area contributed by atoms with Crippen molar-refractivity contribution in [3.05, 3.63) is 0 Å². The van der Waals surface area contributed by atoms with E-state index in [1.165, 1.54) is 50.6 Å². The number of aromatic hydroxyl groups is 1. The van der Waals surface area contributed by atoms with Gasteiger partial charge in [0.2, 0.25) is 0 Å². The average Bonchev–Trinajstić information content (AvgIpc) is 1.82. The van der Waals surface area contributed by atoms with Crippen LogP contribution in [0.1, 0.15) is 0 Å². The summed E-state index contributed by atoms with van der Waals surface area (Å²) in [4.78, 5) is 7.97. The van der Waals surface area contributed by atoms with Crippen LogP contribution in [0.3, 0.4) is 0 Å². The van der Waals surface area contributed by atoms with Crippen molar-refractivity contribution in [2.75, 3.05) is 0 Å². The molecule has 1 N–H and O–H groups in total. The zero-order chi connectivity index (χ0) is 7.72. The number of hydrogen-bond donors (Lipinski definition) is 1. The molecule has 1 heterocycles. The summed E-state index contributed by atoms with van der Waals surface area (Å²) in [5.74, 6) is 0.147. The van der Waals surface area contributed by atoms with Gasteiger partial charge in [-0.3, -0.25) is 0 Å². The van der Waals surface area contributed by atoms with E-state index >= 15 is 0 Å². The molecule has 0 saturated carbocycles. The summed E-state index contributed by atoms with van der Waals surface area (Å²) in [6, 6.07) is 0. The normalized spacial score (nSPS) is 9.90. The van der Waals surface area contributed by atoms with Crippen LogP contribution >= 0.6 is 0 Å². The molecule has 0 aliphatic rings. The maximum atomic E-state index is 9.17. The van der Waals surface area contributed by atoms with E-state index in [4.69, 9.17) is 5.11 Å². The Labute approximate surface area is 84.5 Å². The molecule has 6 heteroatoms. The Kier molecular flexibility index (Phi) is 2.86. The molecule has 3 nitrogen and oxygen atoms in total. The first-order chi connectivity index (χ1) is 4.61. The molecule has 54 valence electrons. The first-order valence-electron chi connectivity index (χ1n) is 2.48. The first-order valence-corrected chi connectivity index (χ1v) is 6.12. The summed E-state index contributed by atoms with van der Waals surface area (Å²) < 4.78 is 2.50. The fraction of sp³-hybridized carbons (Fsp3) is 0. The summed E-state index contributed by atoms with van der Waals surface area (Å²) in [6.45, 7) is 0. The van der Waals surface area contributed by atoms with Gasteiger partial charge in [-0.2, -0.15) is 0 Å². The van der Waals surface area contributed by atoms with Crippen LogP contribution in [0.25, 0.3) is 0 Å². The molecule has 10 heavy (non-hydrogen) atoms. The third-order valence-corrected chi connectivity index (χ3v) is 5.07. The van der Waals surface area contributed by atoms with Gasteiger partial charge in [-0.1, -0.05) is 0 Å². The van der Waals surface area contributed by atoms with E-state index in [2.05, 4.69) is 9.97 Å². The van der Waals surface area contributed by atoms with E-state index in [0.29, 0.717) is 4.61 Å². The molecule has 1 aromatic rings. The zero-order valence-electron chi connectivity index (χ0n) is 5.07. The fourth-order valence-corrected chi connectivity index (χ4v) is 2.52. The molecule has 0 aromatic carbocycles. The number of nitrogens with zero attached hydrogens (tertiary/aromatic N) is 2. The summed E-state index contributed by atoms with van der Waals surface area (Å²) >= 11 is 4.14. The second-order valence-electron chi connectivity index (χ2n) is 1.70. The Morgan fingerprint density at radius 2 is 1.70 bits per heavy atom. The molecule has 3 unspecified atom stereocenters. The SMILES string of the molecule is Oc1nc([AsH2])nc([AsH2])c1[AsH2]. The van der Waals surface area contributed by atoms with Crippen molar-refractivity contribution in [2.24, 2.45) is 0 Å². The molecule has 0 amide bonds. The molecule has 0 spiro atoms. The summed E-state index contributed by atoms with van der Waals surface area (Å²) in [6.07, 6.45) is 0. The van der Waals surface area contributed by atoms with Crippen molar-refractivity contribution in [3.8, 4) is 5.88 Å². The van der Waals surface area contributed by atoms with Gasteiger partial charge >= 0.3 is 85.0 Å². The van der Waals surface area contributed by atoms with Crippen LogP contribution in [0.2, 0.25) is 0 Å². The molecule has 0 saturated heterocycles. The van der Waals surface area contributed by atoms with Gasteiger partial charge in [0.15, 0.2) is 0 Å². The van der Waals surface area contributed by atoms with Crippen LogP contribution in [-0.2, 0) is 0 Å². The molecule has 0 aliphatic carbocycles. The Bertz CT molecular complexity index is 242. The fourth-order valence-electron chi connectivity index (χ4n) is 0.492. The summed E-state index contributed by atoms with van der Waals surface area (Å²) in [5, 5.41) is 9.17. The van der Waals surface area contributed by atoms with Crippen molar-refractivity contribution >= 4 is 64.0 Å². The van der Waals surface area contributed by atoms with Crippen LogP contribution in [0, 0.1) is 0 Å². The zero-order valence-corrected chi connectivity index (χ0v) is 12.3. The number of hydrogen-bond acceptors (Lipinski definition) is 3. The second-order valence-corrected chi connectivity index (χ2v) is 5.15. The van der Waals surface area contributed by atoms with E-state index in [1.54, 1.807) is 0 Å². The van der Waals surface area contributed by atoms with Crippen LogP contribution < -0.4 is 13.4 Å². The number of aromatic nitrogens is 2. The Hall–Kier alpha value is 0.555. The molecule has 3 atom stereocenters. The van der Waals surface area contributed by atoms with E-state index in [1.807, 2.05) is 0 Å². The van der Waals surface area contributed by atoms with Crippen LogP contribution in [-0.4, -0.2) is 65.6 Å². The maximum absolute atomic E-state index is 9.17. The van der Waals surface area contributed by atoms with Gasteiger partial charge in [0.1, 0.15) is 0 Å². The molecule has 1 rings (SSSR count). The quantitative estimate of drug-likeness (QED) is 0.486. The topological polar surface area (TPSA) is 46.0 Å². The van der Waals surface area contributed by atoms with Crippen molar-refractivity contribution in [3.63, 3.8) is 0 Å². The molecule has 0 aliphatic heterocycles. The van der Waals surface area contributed by atoms with Gasteiger partial charge in [-0.15, -0.1) is 0 Å². The Morgan fingerprint density at radius 1 is 1.10 bits per heavy atom. The predicted molar refractivity (Wildman–Crippen MR) is 48.2 cm³/mol. The third-order valence-electron chi connectivity index (χ3n) is 0.972. The summed E-state index contributed by atoms with van der Waals surface area (Å²) in [5.41, 5.74) is 0. The van der Waals surface area contributed by atoms with Crippen molar-refractivity contribution < 1.29 is 5.11 Å². The average molecular weight is 324 g/mol. The predicted octanol–water partition coefficient (Wildman–Crippen LogP) is -5.04. The van der Waals surface area contributed by atoms with Gasteiger partial charge in [0.05, 0.1) is 0 Å². The van der Waals surface area contributed by atoms with E-state index in [9.17, 15) is 0 Å². The summed E-state index contributed by atoms with van der Waals surface area (Å²) in [7, 11) is 0. The molecular formula is C4H7As3N2O. The minimum atomic E-state index is 0.147. The van der Waals surface area contributed by atoms with E-state index in [0.717, 1.165) is 8.83 Å². The van der Waals surface area contributed by atoms with Gasteiger partial charge in [-0.05, 0) is 0 Å². The first kappa shape index (κ1) is 8.65. The van der Waals surface area contributed by atoms with Crippen molar-refractivity contribution in [1.82, 2.24) is 9.97 Å². The van der Waals surface area contributed by atoms with Crippen LogP contribution in [0.5, 0.6) is 5.88 Å². The second kappa shape index (κ2) is 3.30. The molecule has 0 fully saturated rings. The molecule has 1 aromatic heterocycles. The molecule has 0 radical (unpaired) electrons. The van der Waals surface area contributed by atoms with Crippen molar-refractivity contribution in [2.45, 2.75) is 0 Å². The van der Waals surface area contributed by atoms with Gasteiger partial charge in [-0.25, -0.2) is 0 Å². The standard InChI is InChI=1S/C4H7As3N2O/c5-1-2(6)8-4(7)9-3(1)10/h5-7H2,(H,8,9,10). The van der Waals surface area contributed by atoms with E-state index in [-0.39, 0.29) is 5.88 Å². The Morgan fingerprint density at radius 3 is 2.20 bits per heavy atom. The van der Waals surface area contributed by atoms with Crippen molar-refractivity contribution in [1.29, 1.82) is 0 Å². The van der Waals surface area contributed by atoms with Crippen LogP contribution in [0.4, 0.5) is 0 Å². The van der Waals surface area contributed by atoms with Gasteiger partial charge < -0.3 is 0 Å². The van der Waals surface area contributed by atoms with Gasteiger partial charge in [0, 0.05) is 0 Å². The molecule has 0 bridgehead atoms. The number of rotatable bonds is 0. The Balaban J connectivity index is 3.31. The van der Waals surface area contributed by atoms with E-state index < -0.39 is 0 Å².